The van der Waals surface area contributed by atoms with Gasteiger partial charge >= 0.3 is 0 Å². The zero-order valence-electron chi connectivity index (χ0n) is 10.2. The number of hydrogen-bond donors (Lipinski definition) is 2. The summed E-state index contributed by atoms with van der Waals surface area (Å²) < 4.78 is 1.02. The van der Waals surface area contributed by atoms with E-state index in [2.05, 4.69) is 30.8 Å². The van der Waals surface area contributed by atoms with Crippen LogP contribution in [0.3, 0.4) is 0 Å². The van der Waals surface area contributed by atoms with E-state index in [9.17, 15) is 5.11 Å². The molecule has 1 aromatic heterocycles. The molecular formula is C13H16BrN3O. The standard InChI is InChI=1S/C13H16BrN3O/c1-17(8-13-15-5-6-16-13)12(9-18)10-3-2-4-11(14)7-10/h2-7,12,18H,8-9H2,1H3,(H,15,16)/t12-/m1/s1. The predicted octanol–water partition coefficient (Wildman–Crippen LogP) is 2.34. The van der Waals surface area contributed by atoms with Gasteiger partial charge in [0.15, 0.2) is 0 Å². The first-order valence-electron chi connectivity index (χ1n) is 5.75. The van der Waals surface area contributed by atoms with E-state index >= 15 is 0 Å². The number of aliphatic hydroxyl groups excluding tert-OH is 1. The van der Waals surface area contributed by atoms with Gasteiger partial charge in [-0.3, -0.25) is 4.90 Å². The van der Waals surface area contributed by atoms with Crippen LogP contribution in [0.4, 0.5) is 0 Å². The van der Waals surface area contributed by atoms with Crippen LogP contribution in [0.15, 0.2) is 41.1 Å². The van der Waals surface area contributed by atoms with E-state index in [4.69, 9.17) is 0 Å². The summed E-state index contributed by atoms with van der Waals surface area (Å²) in [6, 6.07) is 7.96. The third-order valence-electron chi connectivity index (χ3n) is 2.89. The molecule has 0 fully saturated rings. The summed E-state index contributed by atoms with van der Waals surface area (Å²) in [7, 11) is 1.98. The van der Waals surface area contributed by atoms with Crippen molar-refractivity contribution in [3.05, 3.63) is 52.5 Å². The van der Waals surface area contributed by atoms with E-state index in [1.807, 2.05) is 31.3 Å². The first kappa shape index (κ1) is 13.3. The highest BCUT2D eigenvalue weighted by Crippen LogP contribution is 2.23. The van der Waals surface area contributed by atoms with Gasteiger partial charge in [0.05, 0.1) is 19.2 Å². The number of aliphatic hydroxyl groups is 1. The Morgan fingerprint density at radius 3 is 2.94 bits per heavy atom. The molecule has 0 aliphatic heterocycles. The van der Waals surface area contributed by atoms with Crippen LogP contribution in [0.5, 0.6) is 0 Å². The Balaban J connectivity index is 2.12. The van der Waals surface area contributed by atoms with Crippen molar-refractivity contribution in [2.24, 2.45) is 0 Å². The van der Waals surface area contributed by atoms with Crippen LogP contribution in [-0.2, 0) is 6.54 Å². The molecule has 0 aliphatic rings. The molecule has 0 bridgehead atoms. The van der Waals surface area contributed by atoms with Gasteiger partial charge in [-0.05, 0) is 24.7 Å². The Labute approximate surface area is 115 Å². The third kappa shape index (κ3) is 3.19. The SMILES string of the molecule is CN(Cc1ncc[nH]1)[C@H](CO)c1cccc(Br)c1. The van der Waals surface area contributed by atoms with Crippen LogP contribution in [0, 0.1) is 0 Å². The average Bonchev–Trinajstić information content (AvgIpc) is 2.83. The second kappa shape index (κ2) is 6.13. The number of rotatable bonds is 5. The second-order valence-electron chi connectivity index (χ2n) is 4.20. The Hall–Kier alpha value is -1.17. The molecule has 1 heterocycles. The van der Waals surface area contributed by atoms with E-state index < -0.39 is 0 Å². The number of halogens is 1. The summed E-state index contributed by atoms with van der Waals surface area (Å²) in [5, 5.41) is 9.58. The maximum absolute atomic E-state index is 9.58. The molecule has 0 radical (unpaired) electrons. The first-order valence-corrected chi connectivity index (χ1v) is 6.55. The normalized spacial score (nSPS) is 12.9. The Morgan fingerprint density at radius 2 is 2.33 bits per heavy atom. The maximum atomic E-state index is 9.58. The maximum Gasteiger partial charge on any atom is 0.120 e. The molecule has 2 N–H and O–H groups in total. The summed E-state index contributed by atoms with van der Waals surface area (Å²) in [4.78, 5) is 9.33. The lowest BCUT2D eigenvalue weighted by Gasteiger charge is -2.26. The molecule has 0 unspecified atom stereocenters. The molecule has 4 nitrogen and oxygen atoms in total. The van der Waals surface area contributed by atoms with E-state index in [1.165, 1.54) is 0 Å². The molecule has 1 atom stereocenters. The van der Waals surface area contributed by atoms with Crippen molar-refractivity contribution in [2.45, 2.75) is 12.6 Å². The molecule has 0 amide bonds. The molecule has 2 aromatic rings. The van der Waals surface area contributed by atoms with Crippen molar-refractivity contribution in [1.29, 1.82) is 0 Å². The number of H-pyrrole nitrogens is 1. The lowest BCUT2D eigenvalue weighted by atomic mass is 10.1. The van der Waals surface area contributed by atoms with E-state index in [-0.39, 0.29) is 12.6 Å². The number of benzene rings is 1. The predicted molar refractivity (Wildman–Crippen MR) is 74.0 cm³/mol. The highest BCUT2D eigenvalue weighted by Gasteiger charge is 2.17. The summed E-state index contributed by atoms with van der Waals surface area (Å²) in [5.74, 6) is 0.894. The van der Waals surface area contributed by atoms with E-state index in [0.717, 1.165) is 15.9 Å². The summed E-state index contributed by atoms with van der Waals surface area (Å²) in [5.41, 5.74) is 1.08. The monoisotopic (exact) mass is 309 g/mol. The Bertz CT molecular complexity index is 487. The summed E-state index contributed by atoms with van der Waals surface area (Å²) in [6.07, 6.45) is 3.53. The minimum absolute atomic E-state index is 0.0346. The van der Waals surface area contributed by atoms with E-state index in [0.29, 0.717) is 6.54 Å². The molecule has 1 aromatic carbocycles. The number of nitrogens with zero attached hydrogens (tertiary/aromatic N) is 2. The van der Waals surface area contributed by atoms with Crippen LogP contribution >= 0.6 is 15.9 Å². The van der Waals surface area contributed by atoms with Crippen molar-refractivity contribution < 1.29 is 5.11 Å². The van der Waals surface area contributed by atoms with Gasteiger partial charge in [0.25, 0.3) is 0 Å². The zero-order chi connectivity index (χ0) is 13.0. The fourth-order valence-electron chi connectivity index (χ4n) is 1.94. The second-order valence-corrected chi connectivity index (χ2v) is 5.12. The number of imidazole rings is 1. The number of hydrogen-bond acceptors (Lipinski definition) is 3. The fraction of sp³-hybridized carbons (Fsp3) is 0.308. The topological polar surface area (TPSA) is 52.2 Å². The van der Waals surface area contributed by atoms with Crippen molar-refractivity contribution in [2.75, 3.05) is 13.7 Å². The molecule has 5 heteroatoms. The summed E-state index contributed by atoms with van der Waals surface area (Å²) >= 11 is 3.45. The van der Waals surface area contributed by atoms with Crippen molar-refractivity contribution in [3.63, 3.8) is 0 Å². The number of aromatic nitrogens is 2. The van der Waals surface area contributed by atoms with Gasteiger partial charge < -0.3 is 10.1 Å². The van der Waals surface area contributed by atoms with Gasteiger partial charge in [-0.1, -0.05) is 28.1 Å². The van der Waals surface area contributed by atoms with Gasteiger partial charge in [0, 0.05) is 16.9 Å². The highest BCUT2D eigenvalue weighted by atomic mass is 79.9. The minimum atomic E-state index is -0.0346. The zero-order valence-corrected chi connectivity index (χ0v) is 11.8. The molecular weight excluding hydrogens is 294 g/mol. The molecule has 0 spiro atoms. The Kier molecular flexibility index (Phi) is 4.52. The van der Waals surface area contributed by atoms with Crippen LogP contribution in [0.1, 0.15) is 17.4 Å². The molecule has 0 aliphatic carbocycles. The average molecular weight is 310 g/mol. The highest BCUT2D eigenvalue weighted by molar-refractivity contribution is 9.10. The number of nitrogens with one attached hydrogen (secondary N) is 1. The third-order valence-corrected chi connectivity index (χ3v) is 3.39. The molecule has 18 heavy (non-hydrogen) atoms. The lowest BCUT2D eigenvalue weighted by Crippen LogP contribution is -2.27. The smallest absolute Gasteiger partial charge is 0.120 e. The van der Waals surface area contributed by atoms with Gasteiger partial charge in [-0.15, -0.1) is 0 Å². The molecule has 2 rings (SSSR count). The van der Waals surface area contributed by atoms with Crippen LogP contribution in [0.25, 0.3) is 0 Å². The fourth-order valence-corrected chi connectivity index (χ4v) is 2.36. The molecule has 96 valence electrons. The van der Waals surface area contributed by atoms with Gasteiger partial charge in [0.2, 0.25) is 0 Å². The molecule has 0 saturated carbocycles. The molecule has 0 saturated heterocycles. The lowest BCUT2D eigenvalue weighted by molar-refractivity contribution is 0.140. The van der Waals surface area contributed by atoms with Crippen LogP contribution in [-0.4, -0.2) is 33.6 Å². The van der Waals surface area contributed by atoms with Crippen molar-refractivity contribution in [1.82, 2.24) is 14.9 Å². The van der Waals surface area contributed by atoms with Gasteiger partial charge in [-0.25, -0.2) is 4.98 Å². The van der Waals surface area contributed by atoms with Crippen LogP contribution < -0.4 is 0 Å². The van der Waals surface area contributed by atoms with Crippen LogP contribution in [0.2, 0.25) is 0 Å². The summed E-state index contributed by atoms with van der Waals surface area (Å²) in [6.45, 7) is 0.748. The van der Waals surface area contributed by atoms with Crippen molar-refractivity contribution >= 4 is 15.9 Å². The Morgan fingerprint density at radius 1 is 1.50 bits per heavy atom. The number of likely N-dealkylation sites (N-methyl/N-ethyl adjacent to an activating group) is 1. The van der Waals surface area contributed by atoms with Crippen molar-refractivity contribution in [3.8, 4) is 0 Å². The quantitative estimate of drug-likeness (QED) is 0.891. The number of aromatic amines is 1. The minimum Gasteiger partial charge on any atom is -0.394 e. The van der Waals surface area contributed by atoms with E-state index in [1.54, 1.807) is 12.4 Å². The van der Waals surface area contributed by atoms with Gasteiger partial charge in [0.1, 0.15) is 5.82 Å². The van der Waals surface area contributed by atoms with Gasteiger partial charge in [-0.2, -0.15) is 0 Å². The largest absolute Gasteiger partial charge is 0.394 e. The first-order chi connectivity index (χ1) is 8.70.